The molecule has 0 radical (unpaired) electrons. The van der Waals surface area contributed by atoms with Crippen molar-refractivity contribution in [3.8, 4) is 0 Å². The molecule has 0 aromatic rings. The molecule has 1 amide bonds. The Labute approximate surface area is 126 Å². The summed E-state index contributed by atoms with van der Waals surface area (Å²) in [6.45, 7) is 7.49. The van der Waals surface area contributed by atoms with Crippen LogP contribution in [0.3, 0.4) is 0 Å². The predicted octanol–water partition coefficient (Wildman–Crippen LogP) is -0.199. The van der Waals surface area contributed by atoms with E-state index in [1.807, 2.05) is 6.92 Å². The van der Waals surface area contributed by atoms with Gasteiger partial charge in [0.05, 0.1) is 18.7 Å². The summed E-state index contributed by atoms with van der Waals surface area (Å²) >= 11 is 0. The molecule has 2 atom stereocenters. The number of likely N-dealkylation sites (tertiary alicyclic amines) is 1. The average molecular weight is 323 g/mol. The molecule has 3 N–H and O–H groups in total. The Kier molecular flexibility index (Phi) is 5.97. The number of aliphatic hydroxyl groups excluding tert-OH is 1. The minimum Gasteiger partial charge on any atom is -0.444 e. The smallest absolute Gasteiger partial charge is 0.410 e. The summed E-state index contributed by atoms with van der Waals surface area (Å²) < 4.78 is 33.4. The predicted molar refractivity (Wildman–Crippen MR) is 78.0 cm³/mol. The summed E-state index contributed by atoms with van der Waals surface area (Å²) in [5.74, 6) is 0. The quantitative estimate of drug-likeness (QED) is 0.649. The highest BCUT2D eigenvalue weighted by Gasteiger charge is 2.38. The van der Waals surface area contributed by atoms with Crippen molar-refractivity contribution >= 4 is 16.3 Å². The molecule has 1 fully saturated rings. The summed E-state index contributed by atoms with van der Waals surface area (Å²) in [5.41, 5.74) is -0.637. The zero-order valence-corrected chi connectivity index (χ0v) is 13.7. The number of hydrogen-bond donors (Lipinski definition) is 3. The fraction of sp³-hybridized carbons (Fsp3) is 0.917. The maximum Gasteiger partial charge on any atom is 0.410 e. The monoisotopic (exact) mass is 323 g/mol. The molecule has 0 aromatic carbocycles. The Hall–Kier alpha value is -0.900. The Morgan fingerprint density at radius 1 is 1.38 bits per heavy atom. The Morgan fingerprint density at radius 3 is 2.52 bits per heavy atom. The summed E-state index contributed by atoms with van der Waals surface area (Å²) in [5, 5.41) is 9.89. The van der Waals surface area contributed by atoms with Crippen LogP contribution in [-0.2, 0) is 14.9 Å². The van der Waals surface area contributed by atoms with Gasteiger partial charge in [0.25, 0.3) is 10.2 Å². The van der Waals surface area contributed by atoms with Crippen LogP contribution >= 0.6 is 0 Å². The van der Waals surface area contributed by atoms with Crippen LogP contribution in [0.5, 0.6) is 0 Å². The number of carbonyl (C=O) groups excluding carboxylic acids is 1. The van der Waals surface area contributed by atoms with Crippen molar-refractivity contribution in [3.63, 3.8) is 0 Å². The van der Waals surface area contributed by atoms with Crippen LogP contribution in [0.1, 0.15) is 34.1 Å². The summed E-state index contributed by atoms with van der Waals surface area (Å²) in [7, 11) is -3.68. The van der Waals surface area contributed by atoms with E-state index in [4.69, 9.17) is 4.74 Å². The first-order chi connectivity index (χ1) is 9.54. The van der Waals surface area contributed by atoms with Crippen LogP contribution in [0.4, 0.5) is 4.79 Å². The number of rotatable bonds is 5. The highest BCUT2D eigenvalue weighted by molar-refractivity contribution is 7.87. The molecular formula is C12H25N3O5S. The fourth-order valence-electron chi connectivity index (χ4n) is 1.86. The lowest BCUT2D eigenvalue weighted by Crippen LogP contribution is -2.48. The molecule has 0 aliphatic carbocycles. The van der Waals surface area contributed by atoms with Crippen molar-refractivity contribution in [2.24, 2.45) is 0 Å². The van der Waals surface area contributed by atoms with Crippen LogP contribution in [0.25, 0.3) is 0 Å². The van der Waals surface area contributed by atoms with Gasteiger partial charge < -0.3 is 14.7 Å². The molecule has 9 heteroatoms. The van der Waals surface area contributed by atoms with E-state index < -0.39 is 34.0 Å². The van der Waals surface area contributed by atoms with E-state index >= 15 is 0 Å². The SMILES string of the molecule is CCCNS(=O)(=O)N[C@@H]1CN(C(=O)OC(C)(C)C)C[C@@H]1O. The first-order valence-electron chi connectivity index (χ1n) is 6.97. The van der Waals surface area contributed by atoms with Gasteiger partial charge >= 0.3 is 6.09 Å². The van der Waals surface area contributed by atoms with Crippen molar-refractivity contribution in [2.45, 2.75) is 51.9 Å². The van der Waals surface area contributed by atoms with Crippen LogP contribution in [-0.4, -0.2) is 61.9 Å². The molecule has 0 aromatic heterocycles. The van der Waals surface area contributed by atoms with Crippen molar-refractivity contribution < 1.29 is 23.1 Å². The molecule has 8 nitrogen and oxygen atoms in total. The van der Waals surface area contributed by atoms with E-state index in [0.29, 0.717) is 13.0 Å². The van der Waals surface area contributed by atoms with Gasteiger partial charge in [0.2, 0.25) is 0 Å². The molecule has 0 unspecified atom stereocenters. The van der Waals surface area contributed by atoms with Gasteiger partial charge in [-0.05, 0) is 27.2 Å². The van der Waals surface area contributed by atoms with E-state index in [9.17, 15) is 18.3 Å². The lowest BCUT2D eigenvalue weighted by atomic mass is 10.2. The molecule has 0 spiro atoms. The van der Waals surface area contributed by atoms with Gasteiger partial charge in [-0.15, -0.1) is 0 Å². The molecule has 124 valence electrons. The van der Waals surface area contributed by atoms with Crippen molar-refractivity contribution in [3.05, 3.63) is 0 Å². The maximum atomic E-state index is 11.9. The molecule has 0 saturated carbocycles. The maximum absolute atomic E-state index is 11.9. The van der Waals surface area contributed by atoms with Crippen molar-refractivity contribution in [2.75, 3.05) is 19.6 Å². The molecule has 1 heterocycles. The largest absolute Gasteiger partial charge is 0.444 e. The Morgan fingerprint density at radius 2 is 2.00 bits per heavy atom. The normalized spacial score (nSPS) is 23.4. The number of hydrogen-bond acceptors (Lipinski definition) is 5. The lowest BCUT2D eigenvalue weighted by molar-refractivity contribution is 0.0270. The third-order valence-electron chi connectivity index (χ3n) is 2.79. The minimum atomic E-state index is -3.68. The molecule has 1 aliphatic rings. The second-order valence-electron chi connectivity index (χ2n) is 6.07. The number of β-amino-alcohol motifs (C(OH)–C–C–N with tert-alkyl or cyclic N) is 1. The lowest BCUT2D eigenvalue weighted by Gasteiger charge is -2.24. The zero-order chi connectivity index (χ0) is 16.3. The number of aliphatic hydroxyl groups is 1. The third kappa shape index (κ3) is 6.16. The van der Waals surface area contributed by atoms with Gasteiger partial charge in [-0.2, -0.15) is 13.1 Å². The molecule has 1 saturated heterocycles. The topological polar surface area (TPSA) is 108 Å². The minimum absolute atomic E-state index is 0.0376. The summed E-state index contributed by atoms with van der Waals surface area (Å²) in [6.07, 6.45) is -0.862. The van der Waals surface area contributed by atoms with Crippen LogP contribution in [0.2, 0.25) is 0 Å². The highest BCUT2D eigenvalue weighted by Crippen LogP contribution is 2.16. The standard InChI is InChI=1S/C12H25N3O5S/c1-5-6-13-21(18,19)14-9-7-15(8-10(9)16)11(17)20-12(2,3)4/h9-10,13-14,16H,5-8H2,1-4H3/t9-,10+/m1/s1. The first kappa shape index (κ1) is 18.1. The molecule has 0 bridgehead atoms. The fourth-order valence-corrected chi connectivity index (χ4v) is 3.04. The van der Waals surface area contributed by atoms with Crippen LogP contribution < -0.4 is 9.44 Å². The van der Waals surface area contributed by atoms with E-state index in [-0.39, 0.29) is 13.1 Å². The van der Waals surface area contributed by atoms with Gasteiger partial charge in [0, 0.05) is 13.1 Å². The number of nitrogens with one attached hydrogen (secondary N) is 2. The Bertz CT molecular complexity index is 460. The second-order valence-corrected chi connectivity index (χ2v) is 7.61. The van der Waals surface area contributed by atoms with E-state index in [1.54, 1.807) is 20.8 Å². The molecule has 21 heavy (non-hydrogen) atoms. The van der Waals surface area contributed by atoms with Crippen molar-refractivity contribution in [1.82, 2.24) is 14.3 Å². The van der Waals surface area contributed by atoms with Gasteiger partial charge in [0.15, 0.2) is 0 Å². The number of amides is 1. The zero-order valence-electron chi connectivity index (χ0n) is 12.9. The van der Waals surface area contributed by atoms with Gasteiger partial charge in [-0.25, -0.2) is 9.52 Å². The van der Waals surface area contributed by atoms with Gasteiger partial charge in [-0.3, -0.25) is 0 Å². The molecule has 1 aliphatic heterocycles. The van der Waals surface area contributed by atoms with Crippen LogP contribution in [0, 0.1) is 0 Å². The van der Waals surface area contributed by atoms with E-state index in [0.717, 1.165) is 0 Å². The summed E-state index contributed by atoms with van der Waals surface area (Å²) in [6, 6.07) is -0.744. The van der Waals surface area contributed by atoms with Gasteiger partial charge in [0.1, 0.15) is 5.60 Å². The number of ether oxygens (including phenoxy) is 1. The molecule has 1 rings (SSSR count). The van der Waals surface area contributed by atoms with Crippen molar-refractivity contribution in [1.29, 1.82) is 0 Å². The van der Waals surface area contributed by atoms with E-state index in [1.165, 1.54) is 4.90 Å². The number of nitrogens with zero attached hydrogens (tertiary/aromatic N) is 1. The molecular weight excluding hydrogens is 298 g/mol. The first-order valence-corrected chi connectivity index (χ1v) is 8.45. The highest BCUT2D eigenvalue weighted by atomic mass is 32.2. The third-order valence-corrected chi connectivity index (χ3v) is 3.99. The number of carbonyl (C=O) groups is 1. The van der Waals surface area contributed by atoms with Crippen LogP contribution in [0.15, 0.2) is 0 Å². The Balaban J connectivity index is 2.59. The average Bonchev–Trinajstić information content (AvgIpc) is 2.66. The van der Waals surface area contributed by atoms with E-state index in [2.05, 4.69) is 9.44 Å². The summed E-state index contributed by atoms with van der Waals surface area (Å²) in [4.78, 5) is 13.2. The van der Waals surface area contributed by atoms with Gasteiger partial charge in [-0.1, -0.05) is 6.92 Å². The second kappa shape index (κ2) is 6.91.